The summed E-state index contributed by atoms with van der Waals surface area (Å²) in [5.74, 6) is 2.10. The Labute approximate surface area is 91.7 Å². The zero-order valence-electron chi connectivity index (χ0n) is 9.79. The quantitative estimate of drug-likeness (QED) is 0.679. The lowest BCUT2D eigenvalue weighted by Crippen LogP contribution is -1.91. The summed E-state index contributed by atoms with van der Waals surface area (Å²) in [4.78, 5) is 4.07. The molecule has 0 aliphatic heterocycles. The number of H-pyrrole nitrogens is 1. The van der Waals surface area contributed by atoms with Crippen molar-refractivity contribution in [2.45, 2.75) is 52.4 Å². The summed E-state index contributed by atoms with van der Waals surface area (Å²) in [5.41, 5.74) is 5.41. The van der Waals surface area contributed by atoms with Crippen molar-refractivity contribution in [1.82, 2.24) is 15.2 Å². The Morgan fingerprint density at radius 1 is 1.20 bits per heavy atom. The number of aromatic amines is 1. The number of rotatable bonds is 7. The van der Waals surface area contributed by atoms with Crippen molar-refractivity contribution in [2.24, 2.45) is 5.92 Å². The van der Waals surface area contributed by atoms with Crippen molar-refractivity contribution >= 4 is 5.95 Å². The van der Waals surface area contributed by atoms with Crippen LogP contribution in [0.5, 0.6) is 0 Å². The maximum absolute atomic E-state index is 5.41. The molecule has 0 aromatic carbocycles. The van der Waals surface area contributed by atoms with Gasteiger partial charge in [-0.2, -0.15) is 4.98 Å². The monoisotopic (exact) mass is 210 g/mol. The van der Waals surface area contributed by atoms with Gasteiger partial charge in [0.25, 0.3) is 0 Å². The topological polar surface area (TPSA) is 67.6 Å². The highest BCUT2D eigenvalue weighted by atomic mass is 15.3. The minimum absolute atomic E-state index is 0.352. The molecule has 0 aliphatic carbocycles. The van der Waals surface area contributed by atoms with Crippen molar-refractivity contribution in [3.63, 3.8) is 0 Å². The van der Waals surface area contributed by atoms with Gasteiger partial charge in [0, 0.05) is 6.42 Å². The number of nitrogens with two attached hydrogens (primary N) is 1. The molecule has 0 saturated heterocycles. The fourth-order valence-electron chi connectivity index (χ4n) is 1.62. The normalized spacial score (nSPS) is 11.1. The van der Waals surface area contributed by atoms with Gasteiger partial charge in [0.2, 0.25) is 5.95 Å². The van der Waals surface area contributed by atoms with E-state index in [0.717, 1.165) is 18.2 Å². The summed E-state index contributed by atoms with van der Waals surface area (Å²) < 4.78 is 0. The molecule has 1 rings (SSSR count). The molecular formula is C11H22N4. The lowest BCUT2D eigenvalue weighted by molar-refractivity contribution is 0.518. The third-order valence-corrected chi connectivity index (χ3v) is 2.49. The van der Waals surface area contributed by atoms with E-state index in [1.165, 1.54) is 32.1 Å². The van der Waals surface area contributed by atoms with Crippen LogP contribution in [0.2, 0.25) is 0 Å². The van der Waals surface area contributed by atoms with E-state index >= 15 is 0 Å². The van der Waals surface area contributed by atoms with Crippen LogP contribution in [0.15, 0.2) is 0 Å². The number of nitrogen functional groups attached to an aromatic ring is 1. The largest absolute Gasteiger partial charge is 0.367 e. The van der Waals surface area contributed by atoms with Crippen LogP contribution in [-0.2, 0) is 6.42 Å². The minimum atomic E-state index is 0.352. The fraction of sp³-hybridized carbons (Fsp3) is 0.818. The molecule has 1 aromatic rings. The van der Waals surface area contributed by atoms with Gasteiger partial charge in [-0.15, -0.1) is 5.10 Å². The number of nitrogens with zero attached hydrogens (tertiary/aromatic N) is 2. The summed E-state index contributed by atoms with van der Waals surface area (Å²) >= 11 is 0. The van der Waals surface area contributed by atoms with Gasteiger partial charge in [0.05, 0.1) is 0 Å². The van der Waals surface area contributed by atoms with E-state index in [2.05, 4.69) is 29.0 Å². The molecule has 0 radical (unpaired) electrons. The van der Waals surface area contributed by atoms with Crippen molar-refractivity contribution in [1.29, 1.82) is 0 Å². The molecule has 3 N–H and O–H groups in total. The number of nitrogens with one attached hydrogen (secondary N) is 1. The molecule has 0 fully saturated rings. The van der Waals surface area contributed by atoms with Crippen LogP contribution < -0.4 is 5.73 Å². The van der Waals surface area contributed by atoms with Crippen LogP contribution in [0.4, 0.5) is 5.95 Å². The van der Waals surface area contributed by atoms with E-state index in [9.17, 15) is 0 Å². The van der Waals surface area contributed by atoms with Crippen LogP contribution in [0.1, 0.15) is 51.8 Å². The molecule has 0 amide bonds. The molecule has 0 spiro atoms. The Hall–Kier alpha value is -1.06. The lowest BCUT2D eigenvalue weighted by Gasteiger charge is -2.03. The third kappa shape index (κ3) is 5.40. The number of anilines is 1. The molecule has 86 valence electrons. The number of aromatic nitrogens is 3. The van der Waals surface area contributed by atoms with Gasteiger partial charge in [0.1, 0.15) is 5.82 Å². The van der Waals surface area contributed by atoms with Crippen molar-refractivity contribution in [3.05, 3.63) is 5.82 Å². The second-order valence-corrected chi connectivity index (χ2v) is 4.49. The smallest absolute Gasteiger partial charge is 0.239 e. The van der Waals surface area contributed by atoms with Gasteiger partial charge in [-0.25, -0.2) is 0 Å². The molecule has 4 nitrogen and oxygen atoms in total. The number of unbranched alkanes of at least 4 members (excludes halogenated alkanes) is 3. The first-order chi connectivity index (χ1) is 7.18. The molecule has 0 atom stereocenters. The Balaban J connectivity index is 1.98. The molecule has 0 bridgehead atoms. The summed E-state index contributed by atoms with van der Waals surface area (Å²) in [6.45, 7) is 4.55. The van der Waals surface area contributed by atoms with Crippen LogP contribution in [0, 0.1) is 5.92 Å². The first-order valence-electron chi connectivity index (χ1n) is 5.85. The van der Waals surface area contributed by atoms with Crippen LogP contribution in [0.25, 0.3) is 0 Å². The second kappa shape index (κ2) is 6.43. The molecule has 1 heterocycles. The van der Waals surface area contributed by atoms with E-state index in [0.29, 0.717) is 5.95 Å². The Morgan fingerprint density at radius 2 is 1.93 bits per heavy atom. The van der Waals surface area contributed by atoms with E-state index < -0.39 is 0 Å². The summed E-state index contributed by atoms with van der Waals surface area (Å²) in [7, 11) is 0. The zero-order chi connectivity index (χ0) is 11.1. The van der Waals surface area contributed by atoms with Crippen molar-refractivity contribution < 1.29 is 0 Å². The van der Waals surface area contributed by atoms with E-state index in [4.69, 9.17) is 5.73 Å². The average Bonchev–Trinajstić information content (AvgIpc) is 2.57. The highest BCUT2D eigenvalue weighted by molar-refractivity contribution is 5.12. The highest BCUT2D eigenvalue weighted by Gasteiger charge is 1.99. The number of hydrogen-bond donors (Lipinski definition) is 2. The van der Waals surface area contributed by atoms with E-state index in [1.54, 1.807) is 0 Å². The summed E-state index contributed by atoms with van der Waals surface area (Å²) in [5, 5.41) is 6.62. The van der Waals surface area contributed by atoms with Gasteiger partial charge in [-0.1, -0.05) is 39.5 Å². The lowest BCUT2D eigenvalue weighted by atomic mass is 10.0. The Kier molecular flexibility index (Phi) is 5.15. The fourth-order valence-corrected chi connectivity index (χ4v) is 1.62. The number of hydrogen-bond acceptors (Lipinski definition) is 3. The Morgan fingerprint density at radius 3 is 2.53 bits per heavy atom. The van der Waals surface area contributed by atoms with Gasteiger partial charge in [-0.3, -0.25) is 5.10 Å². The van der Waals surface area contributed by atoms with Gasteiger partial charge in [-0.05, 0) is 12.3 Å². The molecular weight excluding hydrogens is 188 g/mol. The zero-order valence-corrected chi connectivity index (χ0v) is 9.79. The average molecular weight is 210 g/mol. The summed E-state index contributed by atoms with van der Waals surface area (Å²) in [6.07, 6.45) is 7.42. The molecule has 4 heteroatoms. The molecule has 0 saturated carbocycles. The highest BCUT2D eigenvalue weighted by Crippen LogP contribution is 2.10. The van der Waals surface area contributed by atoms with Crippen LogP contribution in [0.3, 0.4) is 0 Å². The van der Waals surface area contributed by atoms with Crippen molar-refractivity contribution in [3.8, 4) is 0 Å². The predicted octanol–water partition coefficient (Wildman–Crippen LogP) is 2.54. The second-order valence-electron chi connectivity index (χ2n) is 4.49. The summed E-state index contributed by atoms with van der Waals surface area (Å²) in [6, 6.07) is 0. The molecule has 1 aromatic heterocycles. The first kappa shape index (κ1) is 12.0. The maximum atomic E-state index is 5.41. The van der Waals surface area contributed by atoms with E-state index in [-0.39, 0.29) is 0 Å². The molecule has 0 aliphatic rings. The van der Waals surface area contributed by atoms with Crippen LogP contribution >= 0.6 is 0 Å². The minimum Gasteiger partial charge on any atom is -0.367 e. The maximum Gasteiger partial charge on any atom is 0.239 e. The van der Waals surface area contributed by atoms with Gasteiger partial charge >= 0.3 is 0 Å². The third-order valence-electron chi connectivity index (χ3n) is 2.49. The van der Waals surface area contributed by atoms with Gasteiger partial charge in [0.15, 0.2) is 0 Å². The first-order valence-corrected chi connectivity index (χ1v) is 5.85. The molecule has 0 unspecified atom stereocenters. The standard InChI is InChI=1S/C11H22N4/c1-9(2)7-5-3-4-6-8-10-13-11(12)15-14-10/h9H,3-8H2,1-2H3,(H3,12,13,14,15). The van der Waals surface area contributed by atoms with Crippen molar-refractivity contribution in [2.75, 3.05) is 5.73 Å². The number of aryl methyl sites for hydroxylation is 1. The SMILES string of the molecule is CC(C)CCCCCCc1nc(N)n[nH]1. The van der Waals surface area contributed by atoms with Crippen LogP contribution in [-0.4, -0.2) is 15.2 Å². The Bertz CT molecular complexity index is 267. The van der Waals surface area contributed by atoms with Gasteiger partial charge < -0.3 is 5.73 Å². The predicted molar refractivity (Wildman–Crippen MR) is 62.4 cm³/mol. The van der Waals surface area contributed by atoms with E-state index in [1.807, 2.05) is 0 Å². The molecule has 15 heavy (non-hydrogen) atoms.